The van der Waals surface area contributed by atoms with Gasteiger partial charge in [-0.3, -0.25) is 8.98 Å². The Labute approximate surface area is 274 Å². The van der Waals surface area contributed by atoms with Crippen LogP contribution < -0.4 is 5.32 Å². The molecule has 256 valence electrons. The van der Waals surface area contributed by atoms with Crippen LogP contribution >= 0.6 is 0 Å². The topological polar surface area (TPSA) is 134 Å². The van der Waals surface area contributed by atoms with E-state index in [1.54, 1.807) is 74.4 Å². The van der Waals surface area contributed by atoms with Crippen molar-refractivity contribution in [2.45, 2.75) is 123 Å². The van der Waals surface area contributed by atoms with Gasteiger partial charge >= 0.3 is 18.0 Å². The summed E-state index contributed by atoms with van der Waals surface area (Å²) in [5, 5.41) is 2.59. The summed E-state index contributed by atoms with van der Waals surface area (Å²) in [5.74, 6) is -1.99. The number of benzene rings is 2. The molecular formula is C35H51NO9S. The van der Waals surface area contributed by atoms with Gasteiger partial charge in [-0.15, -0.1) is 0 Å². The Bertz CT molecular complexity index is 1410. The van der Waals surface area contributed by atoms with Gasteiger partial charge in [-0.05, 0) is 118 Å². The zero-order valence-electron chi connectivity index (χ0n) is 28.9. The minimum absolute atomic E-state index is 0.0371. The average molecular weight is 662 g/mol. The Hall–Kier alpha value is -3.44. The van der Waals surface area contributed by atoms with Crippen molar-refractivity contribution < 1.29 is 41.2 Å². The second-order valence-corrected chi connectivity index (χ2v) is 16.0. The molecule has 11 heteroatoms. The van der Waals surface area contributed by atoms with Gasteiger partial charge in [0.05, 0.1) is 17.4 Å². The van der Waals surface area contributed by atoms with Crippen molar-refractivity contribution in [2.24, 2.45) is 5.92 Å². The van der Waals surface area contributed by atoms with E-state index in [-0.39, 0.29) is 24.3 Å². The highest BCUT2D eigenvalue weighted by Gasteiger charge is 2.35. The zero-order chi connectivity index (χ0) is 34.9. The Morgan fingerprint density at radius 3 is 1.74 bits per heavy atom. The largest absolute Gasteiger partial charge is 0.460 e. The maximum Gasteiger partial charge on any atom is 0.408 e. The van der Waals surface area contributed by atoms with Gasteiger partial charge in [-0.2, -0.15) is 8.42 Å². The van der Waals surface area contributed by atoms with E-state index in [0.29, 0.717) is 12.8 Å². The van der Waals surface area contributed by atoms with Crippen LogP contribution in [0.1, 0.15) is 91.8 Å². The van der Waals surface area contributed by atoms with Gasteiger partial charge in [0, 0.05) is 0 Å². The van der Waals surface area contributed by atoms with Gasteiger partial charge in [0.25, 0.3) is 10.1 Å². The fraction of sp³-hybridized carbons (Fsp3) is 0.571. The molecular weight excluding hydrogens is 610 g/mol. The van der Waals surface area contributed by atoms with Crippen molar-refractivity contribution in [1.29, 1.82) is 0 Å². The number of esters is 2. The molecule has 0 bridgehead atoms. The van der Waals surface area contributed by atoms with Gasteiger partial charge in [0.2, 0.25) is 0 Å². The number of aryl methyl sites for hydroxylation is 2. The number of carbonyl (C=O) groups is 3. The summed E-state index contributed by atoms with van der Waals surface area (Å²) < 4.78 is 46.7. The van der Waals surface area contributed by atoms with Crippen molar-refractivity contribution in [3.63, 3.8) is 0 Å². The Kier molecular flexibility index (Phi) is 13.4. The fourth-order valence-corrected chi connectivity index (χ4v) is 5.26. The minimum Gasteiger partial charge on any atom is -0.460 e. The molecule has 0 fully saturated rings. The van der Waals surface area contributed by atoms with E-state index in [1.807, 2.05) is 31.2 Å². The van der Waals surface area contributed by atoms with E-state index in [2.05, 4.69) is 5.32 Å². The summed E-state index contributed by atoms with van der Waals surface area (Å²) >= 11 is 0. The Morgan fingerprint density at radius 2 is 1.22 bits per heavy atom. The number of amides is 1. The third kappa shape index (κ3) is 14.8. The summed E-state index contributed by atoms with van der Waals surface area (Å²) in [6, 6.07) is 12.9. The molecule has 10 nitrogen and oxygen atoms in total. The molecule has 0 heterocycles. The quantitative estimate of drug-likeness (QED) is 0.111. The van der Waals surface area contributed by atoms with Crippen LogP contribution in [0.2, 0.25) is 0 Å². The van der Waals surface area contributed by atoms with Crippen LogP contribution in [0.4, 0.5) is 4.79 Å². The van der Waals surface area contributed by atoms with E-state index in [9.17, 15) is 22.8 Å². The first kappa shape index (κ1) is 38.7. The minimum atomic E-state index is -3.83. The standard InChI is InChI=1S/C35H51NO9S/c1-24-13-19-28(20-14-24)46(40,41)42-21-11-12-25-15-17-26(18-16-25)22-27(30(37)43-33(2,3)4)23-29(31(38)44-34(5,6)7)36-32(39)45-35(8,9)10/h13-20,27,29H,11-12,21-23H2,1-10H3,(H,36,39). The van der Waals surface area contributed by atoms with Gasteiger partial charge in [-0.25, -0.2) is 9.59 Å². The molecule has 46 heavy (non-hydrogen) atoms. The smallest absolute Gasteiger partial charge is 0.408 e. The van der Waals surface area contributed by atoms with E-state index in [0.717, 1.165) is 16.7 Å². The van der Waals surface area contributed by atoms with Crippen molar-refractivity contribution in [1.82, 2.24) is 5.32 Å². The van der Waals surface area contributed by atoms with Crippen molar-refractivity contribution in [3.05, 3.63) is 65.2 Å². The summed E-state index contributed by atoms with van der Waals surface area (Å²) in [6.07, 6.45) is 0.435. The second-order valence-electron chi connectivity index (χ2n) is 14.4. The van der Waals surface area contributed by atoms with Crippen molar-refractivity contribution in [2.75, 3.05) is 6.61 Å². The fourth-order valence-electron chi connectivity index (χ4n) is 4.31. The molecule has 1 amide bonds. The van der Waals surface area contributed by atoms with E-state index < -0.39 is 56.9 Å². The molecule has 0 aliphatic heterocycles. The number of ether oxygens (including phenoxy) is 3. The molecule has 0 saturated heterocycles. The van der Waals surface area contributed by atoms with Crippen LogP contribution in [-0.2, 0) is 50.9 Å². The molecule has 0 aliphatic carbocycles. The first-order valence-corrected chi connectivity index (χ1v) is 16.9. The van der Waals surface area contributed by atoms with Crippen LogP contribution in [0.5, 0.6) is 0 Å². The molecule has 1 N–H and O–H groups in total. The third-order valence-corrected chi connectivity index (χ3v) is 7.63. The Balaban J connectivity index is 2.15. The number of rotatable bonds is 13. The highest BCUT2D eigenvalue weighted by Crippen LogP contribution is 2.23. The maximum absolute atomic E-state index is 13.4. The lowest BCUT2D eigenvalue weighted by molar-refractivity contribution is -0.162. The van der Waals surface area contributed by atoms with Gasteiger partial charge in [0.15, 0.2) is 0 Å². The third-order valence-electron chi connectivity index (χ3n) is 6.31. The van der Waals surface area contributed by atoms with Crippen LogP contribution in [0.3, 0.4) is 0 Å². The molecule has 2 atom stereocenters. The SMILES string of the molecule is Cc1ccc(S(=O)(=O)OCCCc2ccc(CC(CC(NC(=O)OC(C)(C)C)C(=O)OC(C)(C)C)C(=O)OC(C)(C)C)cc2)cc1. The van der Waals surface area contributed by atoms with Crippen molar-refractivity contribution in [3.8, 4) is 0 Å². The summed E-state index contributed by atoms with van der Waals surface area (Å²) in [7, 11) is -3.83. The summed E-state index contributed by atoms with van der Waals surface area (Å²) in [4.78, 5) is 39.4. The average Bonchev–Trinajstić information content (AvgIpc) is 2.88. The molecule has 0 spiro atoms. The van der Waals surface area contributed by atoms with Crippen LogP contribution in [-0.4, -0.2) is 55.9 Å². The van der Waals surface area contributed by atoms with Gasteiger partial charge in [0.1, 0.15) is 22.8 Å². The second kappa shape index (κ2) is 15.9. The van der Waals surface area contributed by atoms with Gasteiger partial charge < -0.3 is 19.5 Å². The highest BCUT2D eigenvalue weighted by atomic mass is 32.2. The highest BCUT2D eigenvalue weighted by molar-refractivity contribution is 7.86. The summed E-state index contributed by atoms with van der Waals surface area (Å²) in [6.45, 7) is 17.5. The van der Waals surface area contributed by atoms with E-state index in [1.165, 1.54) is 12.1 Å². The molecule has 2 rings (SSSR count). The normalized spacial score (nSPS) is 13.8. The number of alkyl carbamates (subject to hydrolysis) is 1. The van der Waals surface area contributed by atoms with Crippen LogP contribution in [0, 0.1) is 12.8 Å². The molecule has 0 aliphatic rings. The number of carbonyl (C=O) groups excluding carboxylic acids is 3. The monoisotopic (exact) mass is 661 g/mol. The molecule has 0 aromatic heterocycles. The predicted octanol–water partition coefficient (Wildman–Crippen LogP) is 6.46. The molecule has 0 saturated carbocycles. The molecule has 2 aromatic rings. The molecule has 0 radical (unpaired) electrons. The number of hydrogen-bond acceptors (Lipinski definition) is 9. The first-order valence-electron chi connectivity index (χ1n) is 15.5. The first-order chi connectivity index (χ1) is 21.0. The lowest BCUT2D eigenvalue weighted by atomic mass is 9.91. The lowest BCUT2D eigenvalue weighted by Gasteiger charge is -2.29. The number of hydrogen-bond donors (Lipinski definition) is 1. The van der Waals surface area contributed by atoms with Gasteiger partial charge in [-0.1, -0.05) is 42.0 Å². The predicted molar refractivity (Wildman–Crippen MR) is 176 cm³/mol. The molecule has 2 aromatic carbocycles. The van der Waals surface area contributed by atoms with Crippen molar-refractivity contribution >= 4 is 28.1 Å². The van der Waals surface area contributed by atoms with Crippen LogP contribution in [0.25, 0.3) is 0 Å². The van der Waals surface area contributed by atoms with Crippen LogP contribution in [0.15, 0.2) is 53.4 Å². The number of nitrogens with one attached hydrogen (secondary N) is 1. The summed E-state index contributed by atoms with van der Waals surface area (Å²) in [5.41, 5.74) is 0.355. The lowest BCUT2D eigenvalue weighted by Crippen LogP contribution is -2.48. The molecule has 2 unspecified atom stereocenters. The van der Waals surface area contributed by atoms with E-state index >= 15 is 0 Å². The maximum atomic E-state index is 13.4. The van der Waals surface area contributed by atoms with E-state index in [4.69, 9.17) is 18.4 Å². The zero-order valence-corrected chi connectivity index (χ0v) is 29.7. The Morgan fingerprint density at radius 1 is 0.717 bits per heavy atom.